The molecule has 3 rings (SSSR count). The van der Waals surface area contributed by atoms with Gasteiger partial charge in [-0.3, -0.25) is 4.98 Å². The lowest BCUT2D eigenvalue weighted by atomic mass is 10.1. The minimum absolute atomic E-state index is 0.787. The summed E-state index contributed by atoms with van der Waals surface area (Å²) in [5, 5.41) is 1.00. The zero-order valence-corrected chi connectivity index (χ0v) is 11.6. The lowest BCUT2D eigenvalue weighted by molar-refractivity contribution is 0.484. The molecule has 1 aromatic heterocycles. The SMILES string of the molecule is Cc1cc(Oc2ccnc3ccccc23)c(C)cc1N. The Balaban J connectivity index is 2.08. The maximum atomic E-state index is 6.06. The predicted octanol–water partition coefficient (Wildman–Crippen LogP) is 4.23. The van der Waals surface area contributed by atoms with Gasteiger partial charge in [-0.15, -0.1) is 0 Å². The first-order valence-corrected chi connectivity index (χ1v) is 6.53. The molecule has 0 bridgehead atoms. The molecule has 2 N–H and O–H groups in total. The van der Waals surface area contributed by atoms with Gasteiger partial charge in [-0.25, -0.2) is 0 Å². The van der Waals surface area contributed by atoms with Crippen molar-refractivity contribution >= 4 is 16.6 Å². The molecule has 0 unspecified atom stereocenters. The van der Waals surface area contributed by atoms with Crippen LogP contribution < -0.4 is 10.5 Å². The van der Waals surface area contributed by atoms with Crippen LogP contribution in [0.3, 0.4) is 0 Å². The van der Waals surface area contributed by atoms with Crippen LogP contribution in [0.4, 0.5) is 5.69 Å². The number of ether oxygens (including phenoxy) is 1. The Morgan fingerprint density at radius 1 is 0.950 bits per heavy atom. The molecule has 0 spiro atoms. The van der Waals surface area contributed by atoms with Crippen LogP contribution in [0.15, 0.2) is 48.7 Å². The Morgan fingerprint density at radius 3 is 2.60 bits per heavy atom. The van der Waals surface area contributed by atoms with Gasteiger partial charge in [0.1, 0.15) is 11.5 Å². The molecule has 0 saturated heterocycles. The molecular formula is C17H16N2O. The highest BCUT2D eigenvalue weighted by molar-refractivity contribution is 5.85. The molecule has 0 radical (unpaired) electrons. The van der Waals surface area contributed by atoms with Crippen molar-refractivity contribution in [3.63, 3.8) is 0 Å². The molecule has 0 amide bonds. The fourth-order valence-electron chi connectivity index (χ4n) is 2.20. The molecule has 3 heteroatoms. The highest BCUT2D eigenvalue weighted by Crippen LogP contribution is 2.32. The number of pyridine rings is 1. The van der Waals surface area contributed by atoms with E-state index in [4.69, 9.17) is 10.5 Å². The number of fused-ring (bicyclic) bond motifs is 1. The number of hydrogen-bond donors (Lipinski definition) is 1. The highest BCUT2D eigenvalue weighted by Gasteiger charge is 2.07. The Morgan fingerprint density at radius 2 is 1.75 bits per heavy atom. The average molecular weight is 264 g/mol. The first kappa shape index (κ1) is 12.5. The van der Waals surface area contributed by atoms with E-state index >= 15 is 0 Å². The summed E-state index contributed by atoms with van der Waals surface area (Å²) in [4.78, 5) is 4.34. The normalized spacial score (nSPS) is 10.7. The number of rotatable bonds is 2. The van der Waals surface area contributed by atoms with E-state index in [9.17, 15) is 0 Å². The van der Waals surface area contributed by atoms with E-state index in [1.165, 1.54) is 0 Å². The van der Waals surface area contributed by atoms with Crippen LogP contribution in [-0.2, 0) is 0 Å². The summed E-state index contributed by atoms with van der Waals surface area (Å²) in [6.07, 6.45) is 1.76. The highest BCUT2D eigenvalue weighted by atomic mass is 16.5. The van der Waals surface area contributed by atoms with Gasteiger partial charge in [0.15, 0.2) is 0 Å². The number of nitrogen functional groups attached to an aromatic ring is 1. The van der Waals surface area contributed by atoms with Crippen molar-refractivity contribution < 1.29 is 4.74 Å². The molecule has 0 atom stereocenters. The van der Waals surface area contributed by atoms with Crippen molar-refractivity contribution in [2.75, 3.05) is 5.73 Å². The van der Waals surface area contributed by atoms with Gasteiger partial charge in [0.2, 0.25) is 0 Å². The van der Waals surface area contributed by atoms with Crippen LogP contribution in [0.2, 0.25) is 0 Å². The number of aryl methyl sites for hydroxylation is 2. The topological polar surface area (TPSA) is 48.1 Å². The lowest BCUT2D eigenvalue weighted by Gasteiger charge is -2.12. The van der Waals surface area contributed by atoms with Crippen LogP contribution in [0.5, 0.6) is 11.5 Å². The van der Waals surface area contributed by atoms with Gasteiger partial charge in [-0.1, -0.05) is 12.1 Å². The summed E-state index contributed by atoms with van der Waals surface area (Å²) in [5.74, 6) is 1.64. The third-order valence-corrected chi connectivity index (χ3v) is 3.39. The monoisotopic (exact) mass is 264 g/mol. The quantitative estimate of drug-likeness (QED) is 0.705. The first-order valence-electron chi connectivity index (χ1n) is 6.53. The number of anilines is 1. The van der Waals surface area contributed by atoms with Crippen LogP contribution in [0, 0.1) is 13.8 Å². The predicted molar refractivity (Wildman–Crippen MR) is 82.1 cm³/mol. The summed E-state index contributed by atoms with van der Waals surface area (Å²) in [7, 11) is 0. The Hall–Kier alpha value is -2.55. The molecule has 1 heterocycles. The van der Waals surface area contributed by atoms with Crippen molar-refractivity contribution in [3.8, 4) is 11.5 Å². The number of para-hydroxylation sites is 1. The smallest absolute Gasteiger partial charge is 0.138 e. The van der Waals surface area contributed by atoms with Gasteiger partial charge >= 0.3 is 0 Å². The maximum Gasteiger partial charge on any atom is 0.138 e. The molecule has 3 nitrogen and oxygen atoms in total. The molecule has 0 aliphatic carbocycles. The fraction of sp³-hybridized carbons (Fsp3) is 0.118. The summed E-state index contributed by atoms with van der Waals surface area (Å²) in [6, 6.07) is 13.7. The largest absolute Gasteiger partial charge is 0.456 e. The maximum absolute atomic E-state index is 6.06. The molecule has 0 saturated carbocycles. The number of nitrogens with two attached hydrogens (primary N) is 1. The molecule has 0 aliphatic rings. The number of hydrogen-bond acceptors (Lipinski definition) is 3. The Bertz CT molecular complexity index is 776. The Labute approximate surface area is 118 Å². The van der Waals surface area contributed by atoms with Crippen LogP contribution in [-0.4, -0.2) is 4.98 Å². The second-order valence-electron chi connectivity index (χ2n) is 4.90. The van der Waals surface area contributed by atoms with Gasteiger partial charge in [0.25, 0.3) is 0 Å². The zero-order valence-electron chi connectivity index (χ0n) is 11.6. The minimum atomic E-state index is 0.787. The van der Waals surface area contributed by atoms with E-state index in [-0.39, 0.29) is 0 Å². The molecule has 3 aromatic rings. The van der Waals surface area contributed by atoms with E-state index in [1.54, 1.807) is 6.20 Å². The number of nitrogens with zero attached hydrogens (tertiary/aromatic N) is 1. The van der Waals surface area contributed by atoms with E-state index < -0.39 is 0 Å². The molecule has 100 valence electrons. The van der Waals surface area contributed by atoms with E-state index in [0.29, 0.717) is 0 Å². The second kappa shape index (κ2) is 4.85. The summed E-state index contributed by atoms with van der Waals surface area (Å²) < 4.78 is 6.06. The van der Waals surface area contributed by atoms with Crippen LogP contribution >= 0.6 is 0 Å². The van der Waals surface area contributed by atoms with Gasteiger partial charge < -0.3 is 10.5 Å². The molecule has 2 aromatic carbocycles. The third-order valence-electron chi connectivity index (χ3n) is 3.39. The molecular weight excluding hydrogens is 248 g/mol. The minimum Gasteiger partial charge on any atom is -0.456 e. The molecule has 20 heavy (non-hydrogen) atoms. The lowest BCUT2D eigenvalue weighted by Crippen LogP contribution is -1.95. The van der Waals surface area contributed by atoms with E-state index in [2.05, 4.69) is 4.98 Å². The van der Waals surface area contributed by atoms with Gasteiger partial charge in [-0.05, 0) is 55.3 Å². The van der Waals surface area contributed by atoms with Crippen LogP contribution in [0.25, 0.3) is 10.9 Å². The van der Waals surface area contributed by atoms with Gasteiger partial charge in [0.05, 0.1) is 5.52 Å². The van der Waals surface area contributed by atoms with Crippen molar-refractivity contribution in [2.45, 2.75) is 13.8 Å². The Kier molecular flexibility index (Phi) is 3.03. The van der Waals surface area contributed by atoms with Crippen molar-refractivity contribution in [1.29, 1.82) is 0 Å². The first-order chi connectivity index (χ1) is 9.65. The van der Waals surface area contributed by atoms with E-state index in [0.717, 1.165) is 39.2 Å². The van der Waals surface area contributed by atoms with Gasteiger partial charge in [0, 0.05) is 17.3 Å². The van der Waals surface area contributed by atoms with Gasteiger partial charge in [-0.2, -0.15) is 0 Å². The van der Waals surface area contributed by atoms with Crippen molar-refractivity contribution in [2.24, 2.45) is 0 Å². The average Bonchev–Trinajstić information content (AvgIpc) is 2.45. The summed E-state index contributed by atoms with van der Waals surface area (Å²) >= 11 is 0. The standard InChI is InChI=1S/C17H16N2O/c1-11-10-17(12(2)9-14(11)18)20-16-7-8-19-15-6-4-3-5-13(15)16/h3-10H,18H2,1-2H3. The van der Waals surface area contributed by atoms with Crippen molar-refractivity contribution in [3.05, 3.63) is 59.8 Å². The zero-order chi connectivity index (χ0) is 14.1. The van der Waals surface area contributed by atoms with E-state index in [1.807, 2.05) is 56.3 Å². The third kappa shape index (κ3) is 2.18. The fourth-order valence-corrected chi connectivity index (χ4v) is 2.20. The summed E-state index contributed by atoms with van der Waals surface area (Å²) in [5.41, 5.74) is 9.66. The van der Waals surface area contributed by atoms with Crippen LogP contribution in [0.1, 0.15) is 11.1 Å². The number of aromatic nitrogens is 1. The van der Waals surface area contributed by atoms with Crippen molar-refractivity contribution in [1.82, 2.24) is 4.98 Å². The number of benzene rings is 2. The molecule has 0 fully saturated rings. The second-order valence-corrected chi connectivity index (χ2v) is 4.90. The molecule has 0 aliphatic heterocycles. The summed E-state index contributed by atoms with van der Waals surface area (Å²) in [6.45, 7) is 3.97.